The number of nitro benzene ring substituents is 1. The lowest BCUT2D eigenvalue weighted by Gasteiger charge is -2.40. The Labute approximate surface area is 207 Å². The van der Waals surface area contributed by atoms with Gasteiger partial charge in [0.1, 0.15) is 17.8 Å². The molecule has 3 saturated heterocycles. The van der Waals surface area contributed by atoms with Gasteiger partial charge in [0, 0.05) is 28.1 Å². The quantitative estimate of drug-likeness (QED) is 0.409. The van der Waals surface area contributed by atoms with Gasteiger partial charge in [0.2, 0.25) is 5.91 Å². The Hall–Kier alpha value is -2.40. The average Bonchev–Trinajstić information content (AvgIpc) is 3.44. The van der Waals surface area contributed by atoms with Gasteiger partial charge in [-0.3, -0.25) is 14.9 Å². The molecule has 11 heteroatoms. The molecule has 0 aromatic heterocycles. The van der Waals surface area contributed by atoms with E-state index in [9.17, 15) is 19.7 Å². The van der Waals surface area contributed by atoms with Crippen molar-refractivity contribution in [3.05, 3.63) is 55.1 Å². The van der Waals surface area contributed by atoms with E-state index in [-0.39, 0.29) is 23.7 Å². The fourth-order valence-corrected chi connectivity index (χ4v) is 6.23. The molecule has 5 rings (SSSR count). The minimum atomic E-state index is -0.947. The number of allylic oxidation sites excluding steroid dienone is 2. The van der Waals surface area contributed by atoms with E-state index in [1.807, 2.05) is 0 Å². The van der Waals surface area contributed by atoms with Crippen molar-refractivity contribution in [1.29, 1.82) is 0 Å². The summed E-state index contributed by atoms with van der Waals surface area (Å²) < 4.78 is 1.68. The van der Waals surface area contributed by atoms with Crippen LogP contribution in [-0.2, 0) is 9.59 Å². The number of benzene rings is 1. The van der Waals surface area contributed by atoms with Crippen LogP contribution in [0.25, 0.3) is 0 Å². The van der Waals surface area contributed by atoms with Crippen LogP contribution in [0.5, 0.6) is 0 Å². The molecule has 3 fully saturated rings. The number of carbonyl (C=O) groups excluding carboxylic acids is 1. The molecule has 33 heavy (non-hydrogen) atoms. The van der Waals surface area contributed by atoms with Gasteiger partial charge < -0.3 is 20.2 Å². The molecule has 1 amide bonds. The van der Waals surface area contributed by atoms with Crippen LogP contribution in [0.3, 0.4) is 0 Å². The zero-order valence-corrected chi connectivity index (χ0v) is 20.9. The fourth-order valence-electron chi connectivity index (χ4n) is 4.96. The zero-order valence-electron chi connectivity index (χ0n) is 17.7. The van der Waals surface area contributed by atoms with Gasteiger partial charge in [0.05, 0.1) is 16.7 Å². The summed E-state index contributed by atoms with van der Waals surface area (Å²) in [7, 11) is 0. The van der Waals surface area contributed by atoms with Crippen molar-refractivity contribution in [1.82, 2.24) is 10.2 Å². The highest BCUT2D eigenvalue weighted by molar-refractivity contribution is 9.12. The molecular formula is C22H24Br2N4O5. The minimum Gasteiger partial charge on any atom is -0.480 e. The number of halogens is 2. The van der Waals surface area contributed by atoms with Crippen molar-refractivity contribution < 1.29 is 19.6 Å². The van der Waals surface area contributed by atoms with Gasteiger partial charge in [0.15, 0.2) is 0 Å². The molecule has 3 atom stereocenters. The Balaban J connectivity index is 0.000000159. The van der Waals surface area contributed by atoms with Gasteiger partial charge >= 0.3 is 5.97 Å². The van der Waals surface area contributed by atoms with E-state index in [1.54, 1.807) is 17.0 Å². The standard InChI is InChI=1S/C11H11BrN2O4.C11H13BrN2O/c12-7-3-1-4-8(14(17)18)10(7)13-6-2-5-9(13)11(15)16;12-7-3-1-4-8-10(7)14-6-2-5-9(14)11(15)13-8/h1,3-4,9H,2,5-6H2,(H,15,16);1,3,8-9H,2,4-6H2,(H,13,15). The molecule has 0 radical (unpaired) electrons. The van der Waals surface area contributed by atoms with E-state index in [2.05, 4.69) is 54.2 Å². The minimum absolute atomic E-state index is 0.0717. The predicted octanol–water partition coefficient (Wildman–Crippen LogP) is 3.93. The first kappa shape index (κ1) is 23.7. The summed E-state index contributed by atoms with van der Waals surface area (Å²) >= 11 is 6.85. The number of fused-ring (bicyclic) bond motifs is 3. The summed E-state index contributed by atoms with van der Waals surface area (Å²) in [6.07, 6.45) is 8.46. The second-order valence-corrected chi connectivity index (χ2v) is 10.0. The van der Waals surface area contributed by atoms with Crippen molar-refractivity contribution in [3.63, 3.8) is 0 Å². The number of nitrogens with zero attached hydrogens (tertiary/aromatic N) is 3. The maximum Gasteiger partial charge on any atom is 0.326 e. The topological polar surface area (TPSA) is 116 Å². The van der Waals surface area contributed by atoms with Crippen LogP contribution in [0.1, 0.15) is 32.1 Å². The number of para-hydroxylation sites is 1. The van der Waals surface area contributed by atoms with Gasteiger partial charge in [-0.15, -0.1) is 0 Å². The number of rotatable bonds is 3. The molecule has 3 aliphatic heterocycles. The Kier molecular flexibility index (Phi) is 7.08. The lowest BCUT2D eigenvalue weighted by Crippen LogP contribution is -2.56. The first-order valence-electron chi connectivity index (χ1n) is 10.8. The van der Waals surface area contributed by atoms with Crippen LogP contribution in [0.2, 0.25) is 0 Å². The smallest absolute Gasteiger partial charge is 0.326 e. The van der Waals surface area contributed by atoms with Crippen molar-refractivity contribution in [2.45, 2.75) is 50.2 Å². The number of piperazine rings is 1. The number of carboxylic acid groups (broad SMARTS) is 1. The molecule has 2 N–H and O–H groups in total. The third kappa shape index (κ3) is 4.65. The second-order valence-electron chi connectivity index (χ2n) is 8.34. The van der Waals surface area contributed by atoms with E-state index < -0.39 is 16.9 Å². The van der Waals surface area contributed by atoms with Crippen molar-refractivity contribution >= 4 is 55.1 Å². The largest absolute Gasteiger partial charge is 0.480 e. The number of carboxylic acids is 1. The number of amides is 1. The Bertz CT molecular complexity index is 1040. The highest BCUT2D eigenvalue weighted by atomic mass is 79.9. The van der Waals surface area contributed by atoms with Crippen LogP contribution < -0.4 is 10.2 Å². The predicted molar refractivity (Wildman–Crippen MR) is 130 cm³/mol. The molecule has 1 aromatic rings. The van der Waals surface area contributed by atoms with E-state index in [1.165, 1.54) is 11.8 Å². The average molecular weight is 584 g/mol. The summed E-state index contributed by atoms with van der Waals surface area (Å²) in [5, 5.41) is 23.3. The Morgan fingerprint density at radius 1 is 1.18 bits per heavy atom. The maximum absolute atomic E-state index is 11.8. The Morgan fingerprint density at radius 2 is 1.91 bits per heavy atom. The van der Waals surface area contributed by atoms with Crippen LogP contribution >= 0.6 is 31.9 Å². The number of nitrogens with one attached hydrogen (secondary N) is 1. The molecular weight excluding hydrogens is 560 g/mol. The van der Waals surface area contributed by atoms with Crippen molar-refractivity contribution in [2.24, 2.45) is 0 Å². The number of hydrogen-bond acceptors (Lipinski definition) is 6. The summed E-state index contributed by atoms with van der Waals surface area (Å²) in [5.41, 5.74) is 1.56. The normalized spacial score (nSPS) is 25.8. The molecule has 0 bridgehead atoms. The van der Waals surface area contributed by atoms with Gasteiger partial charge in [-0.25, -0.2) is 4.79 Å². The van der Waals surface area contributed by atoms with E-state index in [4.69, 9.17) is 5.11 Å². The first-order valence-corrected chi connectivity index (χ1v) is 12.4. The van der Waals surface area contributed by atoms with Gasteiger partial charge in [-0.2, -0.15) is 0 Å². The highest BCUT2D eigenvalue weighted by Gasteiger charge is 2.41. The zero-order chi connectivity index (χ0) is 23.7. The fraction of sp³-hybridized carbons (Fsp3) is 0.455. The molecule has 176 valence electrons. The molecule has 0 saturated carbocycles. The van der Waals surface area contributed by atoms with Crippen molar-refractivity contribution in [3.8, 4) is 0 Å². The molecule has 0 spiro atoms. The van der Waals surface area contributed by atoms with Gasteiger partial charge in [0.25, 0.3) is 5.69 Å². The molecule has 1 aliphatic carbocycles. The summed E-state index contributed by atoms with van der Waals surface area (Å²) in [5.74, 6) is -0.741. The second kappa shape index (κ2) is 9.84. The van der Waals surface area contributed by atoms with Crippen LogP contribution in [-0.4, -0.2) is 58.0 Å². The van der Waals surface area contributed by atoms with E-state index in [0.29, 0.717) is 23.1 Å². The van der Waals surface area contributed by atoms with Crippen LogP contribution in [0, 0.1) is 10.1 Å². The molecule has 4 aliphatic rings. The van der Waals surface area contributed by atoms with Crippen LogP contribution in [0.4, 0.5) is 11.4 Å². The molecule has 3 heterocycles. The molecule has 3 unspecified atom stereocenters. The first-order chi connectivity index (χ1) is 15.8. The number of nitro groups is 1. The third-order valence-electron chi connectivity index (χ3n) is 6.38. The summed E-state index contributed by atoms with van der Waals surface area (Å²) in [6, 6.07) is 4.21. The molecule has 1 aromatic carbocycles. The SMILES string of the molecule is O=C(O)C1CCCN1c1c(Br)cccc1[N+](=O)[O-].O=C1NC2CC=CC(Br)=C2N2CCCC12. The maximum atomic E-state index is 11.8. The highest BCUT2D eigenvalue weighted by Crippen LogP contribution is 2.39. The van der Waals surface area contributed by atoms with Gasteiger partial charge in [-0.05, 0) is 70.0 Å². The lowest BCUT2D eigenvalue weighted by molar-refractivity contribution is -0.384. The van der Waals surface area contributed by atoms with Gasteiger partial charge in [-0.1, -0.05) is 18.2 Å². The van der Waals surface area contributed by atoms with E-state index >= 15 is 0 Å². The van der Waals surface area contributed by atoms with E-state index in [0.717, 1.165) is 36.7 Å². The monoisotopic (exact) mass is 582 g/mol. The van der Waals surface area contributed by atoms with Crippen LogP contribution in [0.15, 0.2) is 45.0 Å². The number of hydrogen-bond donors (Lipinski definition) is 2. The number of anilines is 1. The number of aliphatic carboxylic acids is 1. The molecule has 9 nitrogen and oxygen atoms in total. The summed E-state index contributed by atoms with van der Waals surface area (Å²) in [6.45, 7) is 1.54. The number of carbonyl (C=O) groups is 2. The third-order valence-corrected chi connectivity index (χ3v) is 7.69. The Morgan fingerprint density at radius 3 is 2.64 bits per heavy atom. The van der Waals surface area contributed by atoms with Crippen molar-refractivity contribution in [2.75, 3.05) is 18.0 Å². The lowest BCUT2D eigenvalue weighted by atomic mass is 9.99. The summed E-state index contributed by atoms with van der Waals surface area (Å²) in [4.78, 5) is 37.4.